The predicted octanol–water partition coefficient (Wildman–Crippen LogP) is 9.23. The molecular formula is C30H18N2O3. The zero-order valence-electron chi connectivity index (χ0n) is 18.5. The van der Waals surface area contributed by atoms with Crippen LogP contribution in [-0.4, -0.2) is 0 Å². The highest BCUT2D eigenvalue weighted by Gasteiger charge is 2.33. The van der Waals surface area contributed by atoms with Crippen LogP contribution < -0.4 is 9.64 Å². The van der Waals surface area contributed by atoms with Gasteiger partial charge in [-0.1, -0.05) is 66.7 Å². The number of hydrogen-bond acceptors (Lipinski definition) is 5. The Kier molecular flexibility index (Phi) is 4.23. The molecule has 0 N–H and O–H groups in total. The number of nitroso groups, excluding NO2 is 1. The number of hydrogen-bond donors (Lipinski definition) is 0. The van der Waals surface area contributed by atoms with E-state index < -0.39 is 0 Å². The molecule has 0 spiro atoms. The molecule has 166 valence electrons. The Morgan fingerprint density at radius 2 is 1.43 bits per heavy atom. The number of nitrogens with zero attached hydrogens (tertiary/aromatic N) is 2. The van der Waals surface area contributed by atoms with Gasteiger partial charge in [0.1, 0.15) is 17.0 Å². The maximum Gasteiger partial charge on any atom is 0.195 e. The van der Waals surface area contributed by atoms with E-state index in [4.69, 9.17) is 9.15 Å². The van der Waals surface area contributed by atoms with Crippen molar-refractivity contribution < 1.29 is 9.15 Å². The highest BCUT2D eigenvalue weighted by Crippen LogP contribution is 2.58. The molecular weight excluding hydrogens is 436 g/mol. The summed E-state index contributed by atoms with van der Waals surface area (Å²) in [6.45, 7) is 0. The Hall–Kier alpha value is -4.90. The molecule has 0 atom stereocenters. The van der Waals surface area contributed by atoms with Crippen molar-refractivity contribution in [3.8, 4) is 22.6 Å². The summed E-state index contributed by atoms with van der Waals surface area (Å²) < 4.78 is 12.9. The molecule has 1 aromatic heterocycles. The van der Waals surface area contributed by atoms with Gasteiger partial charge in [-0.15, -0.1) is 4.91 Å². The number of ether oxygens (including phenoxy) is 1. The van der Waals surface area contributed by atoms with Gasteiger partial charge in [0, 0.05) is 27.6 Å². The first-order valence-electron chi connectivity index (χ1n) is 11.4. The summed E-state index contributed by atoms with van der Waals surface area (Å²) in [5.41, 5.74) is 6.06. The van der Waals surface area contributed by atoms with Gasteiger partial charge in [0.2, 0.25) is 0 Å². The summed E-state index contributed by atoms with van der Waals surface area (Å²) in [5.74, 6) is 1.33. The molecule has 0 amide bonds. The van der Waals surface area contributed by atoms with E-state index in [-0.39, 0.29) is 0 Å². The third-order valence-corrected chi connectivity index (χ3v) is 6.45. The van der Waals surface area contributed by atoms with Gasteiger partial charge < -0.3 is 14.1 Å². The van der Waals surface area contributed by atoms with Crippen molar-refractivity contribution in [1.82, 2.24) is 0 Å². The van der Waals surface area contributed by atoms with E-state index in [0.29, 0.717) is 17.0 Å². The second-order valence-electron chi connectivity index (χ2n) is 8.43. The van der Waals surface area contributed by atoms with Crippen LogP contribution in [0.25, 0.3) is 33.1 Å². The second-order valence-corrected chi connectivity index (χ2v) is 8.43. The lowest BCUT2D eigenvalue weighted by Crippen LogP contribution is -2.17. The zero-order valence-corrected chi connectivity index (χ0v) is 18.5. The Morgan fingerprint density at radius 1 is 0.686 bits per heavy atom. The molecule has 35 heavy (non-hydrogen) atoms. The minimum Gasteiger partial charge on any atom is -0.452 e. The lowest BCUT2D eigenvalue weighted by molar-refractivity contribution is 0.471. The van der Waals surface area contributed by atoms with E-state index in [9.17, 15) is 4.91 Å². The maximum absolute atomic E-state index is 11.8. The second kappa shape index (κ2) is 7.57. The molecule has 6 aromatic rings. The van der Waals surface area contributed by atoms with Crippen LogP contribution in [0.2, 0.25) is 0 Å². The molecule has 1 aliphatic heterocycles. The average molecular weight is 454 g/mol. The number of fused-ring (bicyclic) bond motifs is 6. The van der Waals surface area contributed by atoms with Gasteiger partial charge in [0.15, 0.2) is 17.1 Å². The minimum atomic E-state index is 0.369. The minimum absolute atomic E-state index is 0.369. The first kappa shape index (κ1) is 19.6. The van der Waals surface area contributed by atoms with Crippen LogP contribution in [0.3, 0.4) is 0 Å². The Bertz CT molecular complexity index is 1760. The van der Waals surface area contributed by atoms with E-state index in [2.05, 4.69) is 28.3 Å². The fraction of sp³-hybridized carbons (Fsp3) is 0. The van der Waals surface area contributed by atoms with Crippen molar-refractivity contribution in [2.24, 2.45) is 5.18 Å². The van der Waals surface area contributed by atoms with Gasteiger partial charge in [0.25, 0.3) is 0 Å². The van der Waals surface area contributed by atoms with E-state index in [1.54, 1.807) is 6.07 Å². The van der Waals surface area contributed by atoms with Crippen LogP contribution in [-0.2, 0) is 0 Å². The lowest BCUT2D eigenvalue weighted by Gasteiger charge is -2.34. The molecule has 1 aliphatic rings. The van der Waals surface area contributed by atoms with Gasteiger partial charge in [0.05, 0.1) is 5.69 Å². The molecule has 0 unspecified atom stereocenters. The molecule has 5 heteroatoms. The van der Waals surface area contributed by atoms with Crippen molar-refractivity contribution in [3.63, 3.8) is 0 Å². The van der Waals surface area contributed by atoms with E-state index in [1.165, 1.54) is 0 Å². The first-order valence-corrected chi connectivity index (χ1v) is 11.4. The summed E-state index contributed by atoms with van der Waals surface area (Å²) in [4.78, 5) is 14.0. The molecule has 0 aliphatic carbocycles. The molecule has 2 heterocycles. The first-order chi connectivity index (χ1) is 17.3. The standard InChI is InChI=1S/C30H18N2O3/c33-31-24-14-6-4-12-20(24)22-18-23-21-13-5-8-16-26(21)34-29(23)30-28(22)32(19-10-2-1-3-11-19)25-15-7-9-17-27(25)35-30/h1-18H. The molecule has 7 rings (SSSR count). The highest BCUT2D eigenvalue weighted by atomic mass is 16.5. The summed E-state index contributed by atoms with van der Waals surface area (Å²) >= 11 is 0. The number of benzene rings is 5. The van der Waals surface area contributed by atoms with Crippen molar-refractivity contribution in [2.75, 3.05) is 4.90 Å². The fourth-order valence-corrected chi connectivity index (χ4v) is 4.93. The van der Waals surface area contributed by atoms with Gasteiger partial charge in [-0.3, -0.25) is 0 Å². The molecule has 5 aromatic carbocycles. The van der Waals surface area contributed by atoms with Crippen LogP contribution in [0.1, 0.15) is 0 Å². The Morgan fingerprint density at radius 3 is 2.31 bits per heavy atom. The van der Waals surface area contributed by atoms with Crippen molar-refractivity contribution in [2.45, 2.75) is 0 Å². The maximum atomic E-state index is 11.8. The van der Waals surface area contributed by atoms with Crippen molar-refractivity contribution >= 4 is 44.7 Å². The topological polar surface area (TPSA) is 55.0 Å². The Labute approximate surface area is 200 Å². The third-order valence-electron chi connectivity index (χ3n) is 6.45. The normalized spacial score (nSPS) is 12.3. The van der Waals surface area contributed by atoms with Gasteiger partial charge in [-0.2, -0.15) is 0 Å². The van der Waals surface area contributed by atoms with Crippen LogP contribution in [0.5, 0.6) is 11.5 Å². The summed E-state index contributed by atoms with van der Waals surface area (Å²) in [6, 6.07) is 35.5. The largest absolute Gasteiger partial charge is 0.452 e. The smallest absolute Gasteiger partial charge is 0.195 e. The molecule has 0 radical (unpaired) electrons. The predicted molar refractivity (Wildman–Crippen MR) is 139 cm³/mol. The van der Waals surface area contributed by atoms with E-state index in [1.807, 2.05) is 84.9 Å². The molecule has 0 bridgehead atoms. The van der Waals surface area contributed by atoms with Crippen molar-refractivity contribution in [1.29, 1.82) is 0 Å². The number of rotatable bonds is 3. The number of anilines is 3. The van der Waals surface area contributed by atoms with Crippen LogP contribution in [0.4, 0.5) is 22.7 Å². The molecule has 0 saturated heterocycles. The zero-order chi connectivity index (χ0) is 23.4. The molecule has 0 fully saturated rings. The molecule has 0 saturated carbocycles. The summed E-state index contributed by atoms with van der Waals surface area (Å²) in [5, 5.41) is 5.24. The van der Waals surface area contributed by atoms with Gasteiger partial charge >= 0.3 is 0 Å². The average Bonchev–Trinajstić information content (AvgIpc) is 3.31. The fourth-order valence-electron chi connectivity index (χ4n) is 4.93. The van der Waals surface area contributed by atoms with Gasteiger partial charge in [-0.25, -0.2) is 0 Å². The monoisotopic (exact) mass is 454 g/mol. The quantitative estimate of drug-likeness (QED) is 0.250. The molecule has 5 nitrogen and oxygen atoms in total. The lowest BCUT2D eigenvalue weighted by atomic mass is 9.96. The van der Waals surface area contributed by atoms with Crippen molar-refractivity contribution in [3.05, 3.63) is 114 Å². The highest BCUT2D eigenvalue weighted by molar-refractivity contribution is 6.14. The Balaban J connectivity index is 1.67. The third kappa shape index (κ3) is 2.88. The summed E-state index contributed by atoms with van der Waals surface area (Å²) in [6.07, 6.45) is 0. The number of para-hydroxylation sites is 4. The van der Waals surface area contributed by atoms with Crippen LogP contribution in [0, 0.1) is 4.91 Å². The van der Waals surface area contributed by atoms with E-state index in [0.717, 1.165) is 50.3 Å². The van der Waals surface area contributed by atoms with Gasteiger partial charge in [-0.05, 0) is 47.6 Å². The number of furan rings is 1. The SMILES string of the molecule is O=Nc1ccccc1-c1cc2c(oc3ccccc32)c2c1N(c1ccccc1)c1ccccc1O2. The summed E-state index contributed by atoms with van der Waals surface area (Å²) in [7, 11) is 0. The van der Waals surface area contributed by atoms with E-state index >= 15 is 0 Å². The van der Waals surface area contributed by atoms with Crippen LogP contribution in [0.15, 0.2) is 119 Å². The van der Waals surface area contributed by atoms with Crippen LogP contribution >= 0.6 is 0 Å².